The van der Waals surface area contributed by atoms with Gasteiger partial charge < -0.3 is 20.5 Å². The normalized spacial score (nSPS) is 12.6. The van der Waals surface area contributed by atoms with Crippen LogP contribution < -0.4 is 10.6 Å². The number of carbonyl (C=O) groups is 3. The molecule has 3 aromatic rings. The van der Waals surface area contributed by atoms with E-state index >= 15 is 0 Å². The van der Waals surface area contributed by atoms with E-state index in [0.717, 1.165) is 22.3 Å². The monoisotopic (exact) mass is 488 g/mol. The van der Waals surface area contributed by atoms with Crippen molar-refractivity contribution < 1.29 is 24.2 Å². The molecule has 1 unspecified atom stereocenters. The molecule has 176 valence electrons. The largest absolute Gasteiger partial charge is 0.478 e. The number of carbonyl (C=O) groups excluding carboxylic acids is 2. The Balaban J connectivity index is 1.44. The van der Waals surface area contributed by atoms with E-state index in [1.54, 1.807) is 0 Å². The van der Waals surface area contributed by atoms with Gasteiger partial charge in [-0.3, -0.25) is 4.79 Å². The summed E-state index contributed by atoms with van der Waals surface area (Å²) in [4.78, 5) is 36.9. The van der Waals surface area contributed by atoms with E-state index in [4.69, 9.17) is 22.8 Å². The van der Waals surface area contributed by atoms with Gasteiger partial charge in [0.05, 0.1) is 11.3 Å². The van der Waals surface area contributed by atoms with Crippen molar-refractivity contribution in [1.82, 2.24) is 5.32 Å². The molecule has 1 aliphatic rings. The number of alkyl carbamates (subject to hydrolysis) is 1. The molecule has 0 bridgehead atoms. The second kappa shape index (κ2) is 10.3. The standard InChI is InChI=1S/C27H21ClN2O5/c1-2-7-23(25(31)29-24-14-16(28)12-13-21(24)26(32)33)30-27(34)35-15-22-19-10-5-3-8-17(19)18-9-4-6-11-20(18)22/h1,3-6,8-14,22-23H,7,15H2,(H,29,31)(H,30,34)(H,32,33). The molecule has 8 heteroatoms. The zero-order chi connectivity index (χ0) is 24.9. The molecule has 2 amide bonds. The summed E-state index contributed by atoms with van der Waals surface area (Å²) in [6.45, 7) is 0.0711. The number of halogens is 1. The first-order chi connectivity index (χ1) is 16.9. The Morgan fingerprint density at radius 3 is 2.26 bits per heavy atom. The molecule has 4 rings (SSSR count). The molecule has 0 heterocycles. The van der Waals surface area contributed by atoms with Gasteiger partial charge in [-0.15, -0.1) is 12.3 Å². The Morgan fingerprint density at radius 2 is 1.66 bits per heavy atom. The highest BCUT2D eigenvalue weighted by molar-refractivity contribution is 6.31. The van der Waals surface area contributed by atoms with E-state index in [1.807, 2.05) is 48.5 Å². The van der Waals surface area contributed by atoms with Crippen molar-refractivity contribution in [2.75, 3.05) is 11.9 Å². The molecule has 0 spiro atoms. The van der Waals surface area contributed by atoms with Crippen molar-refractivity contribution in [2.24, 2.45) is 0 Å². The minimum absolute atomic E-state index is 0.00800. The number of ether oxygens (including phenoxy) is 1. The summed E-state index contributed by atoms with van der Waals surface area (Å²) < 4.78 is 5.48. The third-order valence-electron chi connectivity index (χ3n) is 5.74. The summed E-state index contributed by atoms with van der Waals surface area (Å²) >= 11 is 5.94. The topological polar surface area (TPSA) is 105 Å². The van der Waals surface area contributed by atoms with Gasteiger partial charge in [0.2, 0.25) is 5.91 Å². The van der Waals surface area contributed by atoms with Gasteiger partial charge in [0.1, 0.15) is 12.6 Å². The zero-order valence-corrected chi connectivity index (χ0v) is 19.2. The van der Waals surface area contributed by atoms with Crippen molar-refractivity contribution >= 4 is 35.3 Å². The van der Waals surface area contributed by atoms with E-state index in [9.17, 15) is 19.5 Å². The van der Waals surface area contributed by atoms with Crippen LogP contribution in [0.5, 0.6) is 0 Å². The van der Waals surface area contributed by atoms with Crippen LogP contribution >= 0.6 is 11.6 Å². The molecule has 3 aromatic carbocycles. The Morgan fingerprint density at radius 1 is 1.03 bits per heavy atom. The molecule has 7 nitrogen and oxygen atoms in total. The second-order valence-electron chi connectivity index (χ2n) is 7.92. The molecule has 0 aliphatic heterocycles. The van der Waals surface area contributed by atoms with Crippen molar-refractivity contribution in [3.05, 3.63) is 88.4 Å². The Hall–Kier alpha value is -4.28. The average Bonchev–Trinajstić information content (AvgIpc) is 3.16. The summed E-state index contributed by atoms with van der Waals surface area (Å²) in [5.74, 6) is 0.263. The number of rotatable bonds is 7. The van der Waals surface area contributed by atoms with Gasteiger partial charge in [-0.05, 0) is 40.5 Å². The van der Waals surface area contributed by atoms with Crippen LogP contribution in [0, 0.1) is 12.3 Å². The molecule has 0 aromatic heterocycles. The van der Waals surface area contributed by atoms with Crippen LogP contribution in [0.15, 0.2) is 66.7 Å². The number of hydrogen-bond acceptors (Lipinski definition) is 4. The molecular weight excluding hydrogens is 468 g/mol. The molecule has 0 fully saturated rings. The van der Waals surface area contributed by atoms with Crippen molar-refractivity contribution in [2.45, 2.75) is 18.4 Å². The Bertz CT molecular complexity index is 1300. The first-order valence-electron chi connectivity index (χ1n) is 10.8. The van der Waals surface area contributed by atoms with Gasteiger partial charge in [0.15, 0.2) is 0 Å². The summed E-state index contributed by atoms with van der Waals surface area (Å²) in [6.07, 6.45) is 4.44. The number of amides is 2. The molecule has 1 aliphatic carbocycles. The van der Waals surface area contributed by atoms with Crippen LogP contribution in [0.25, 0.3) is 11.1 Å². The molecule has 0 saturated heterocycles. The molecule has 1 atom stereocenters. The van der Waals surface area contributed by atoms with Crippen LogP contribution in [-0.4, -0.2) is 35.7 Å². The summed E-state index contributed by atoms with van der Waals surface area (Å²) in [5, 5.41) is 14.5. The van der Waals surface area contributed by atoms with E-state index in [1.165, 1.54) is 18.2 Å². The molecule has 3 N–H and O–H groups in total. The number of nitrogens with one attached hydrogen (secondary N) is 2. The summed E-state index contributed by atoms with van der Waals surface area (Å²) in [6, 6.07) is 18.7. The predicted octanol–water partition coefficient (Wildman–Crippen LogP) is 4.91. The lowest BCUT2D eigenvalue weighted by Gasteiger charge is -2.19. The number of benzene rings is 3. The Labute approximate surface area is 207 Å². The van der Waals surface area contributed by atoms with Crippen molar-refractivity contribution in [1.29, 1.82) is 0 Å². The molecule has 35 heavy (non-hydrogen) atoms. The Kier molecular flexibility index (Phi) is 7.04. The highest BCUT2D eigenvalue weighted by Crippen LogP contribution is 2.44. The maximum atomic E-state index is 12.8. The number of terminal acetylenes is 1. The quantitative estimate of drug-likeness (QED) is 0.410. The van der Waals surface area contributed by atoms with Crippen LogP contribution in [0.1, 0.15) is 33.8 Å². The van der Waals surface area contributed by atoms with Gasteiger partial charge >= 0.3 is 12.1 Å². The third-order valence-corrected chi connectivity index (χ3v) is 5.98. The van der Waals surface area contributed by atoms with Gasteiger partial charge in [0.25, 0.3) is 0 Å². The second-order valence-corrected chi connectivity index (χ2v) is 8.35. The number of aromatic carboxylic acids is 1. The fourth-order valence-electron chi connectivity index (χ4n) is 4.14. The first-order valence-corrected chi connectivity index (χ1v) is 11.2. The maximum absolute atomic E-state index is 12.8. The van der Waals surface area contributed by atoms with E-state index in [0.29, 0.717) is 0 Å². The van der Waals surface area contributed by atoms with E-state index in [2.05, 4.69) is 16.6 Å². The van der Waals surface area contributed by atoms with Gasteiger partial charge in [-0.2, -0.15) is 0 Å². The maximum Gasteiger partial charge on any atom is 0.407 e. The summed E-state index contributed by atoms with van der Waals surface area (Å²) in [7, 11) is 0. The predicted molar refractivity (Wildman–Crippen MR) is 132 cm³/mol. The van der Waals surface area contributed by atoms with E-state index in [-0.39, 0.29) is 35.2 Å². The fourth-order valence-corrected chi connectivity index (χ4v) is 4.31. The van der Waals surface area contributed by atoms with Crippen molar-refractivity contribution in [3.63, 3.8) is 0 Å². The zero-order valence-electron chi connectivity index (χ0n) is 18.5. The number of fused-ring (bicyclic) bond motifs is 3. The number of anilines is 1. The smallest absolute Gasteiger partial charge is 0.407 e. The average molecular weight is 489 g/mol. The fraction of sp³-hybridized carbons (Fsp3) is 0.148. The van der Waals surface area contributed by atoms with E-state index < -0.39 is 24.0 Å². The van der Waals surface area contributed by atoms with Gasteiger partial charge in [-0.25, -0.2) is 9.59 Å². The highest BCUT2D eigenvalue weighted by Gasteiger charge is 2.30. The third kappa shape index (κ3) is 5.13. The minimum Gasteiger partial charge on any atom is -0.478 e. The lowest BCUT2D eigenvalue weighted by molar-refractivity contribution is -0.118. The van der Waals surface area contributed by atoms with Crippen molar-refractivity contribution in [3.8, 4) is 23.5 Å². The lowest BCUT2D eigenvalue weighted by atomic mass is 9.98. The number of carboxylic acid groups (broad SMARTS) is 1. The van der Waals surface area contributed by atoms with Gasteiger partial charge in [0, 0.05) is 17.4 Å². The minimum atomic E-state index is -1.24. The van der Waals surface area contributed by atoms with Crippen LogP contribution in [0.3, 0.4) is 0 Å². The molecule has 0 radical (unpaired) electrons. The van der Waals surface area contributed by atoms with Crippen LogP contribution in [-0.2, 0) is 9.53 Å². The highest BCUT2D eigenvalue weighted by atomic mass is 35.5. The first kappa shape index (κ1) is 23.9. The SMILES string of the molecule is C#CCC(NC(=O)OCC1c2ccccc2-c2ccccc21)C(=O)Nc1cc(Cl)ccc1C(=O)O. The lowest BCUT2D eigenvalue weighted by Crippen LogP contribution is -2.44. The molecular formula is C27H21ClN2O5. The number of hydrogen-bond donors (Lipinski definition) is 3. The summed E-state index contributed by atoms with van der Waals surface area (Å²) in [5.41, 5.74) is 4.15. The van der Waals surface area contributed by atoms with Crippen LogP contribution in [0.2, 0.25) is 5.02 Å². The molecule has 0 saturated carbocycles. The number of carboxylic acids is 1. The van der Waals surface area contributed by atoms with Gasteiger partial charge in [-0.1, -0.05) is 60.1 Å². The van der Waals surface area contributed by atoms with Crippen LogP contribution in [0.4, 0.5) is 10.5 Å².